The van der Waals surface area contributed by atoms with Crippen LogP contribution in [0.25, 0.3) is 12.2 Å². The molecule has 4 N–H and O–H groups in total. The van der Waals surface area contributed by atoms with Crippen LogP contribution in [0.5, 0.6) is 23.0 Å². The fourth-order valence-electron chi connectivity index (χ4n) is 2.19. The molecule has 0 fully saturated rings. The van der Waals surface area contributed by atoms with Crippen molar-refractivity contribution in [2.24, 2.45) is 0 Å². The number of carbonyl (C=O) groups excluding carboxylic acids is 2. The molecule has 172 valence electrons. The number of carbonyl (C=O) groups is 2. The Labute approximate surface area is 204 Å². The van der Waals surface area contributed by atoms with Crippen molar-refractivity contribution in [3.8, 4) is 23.0 Å². The van der Waals surface area contributed by atoms with Crippen molar-refractivity contribution in [1.82, 2.24) is 0 Å². The van der Waals surface area contributed by atoms with E-state index in [-0.39, 0.29) is 48.0 Å². The third-order valence-corrected chi connectivity index (χ3v) is 3.57. The Morgan fingerprint density at radius 2 is 1.42 bits per heavy atom. The van der Waals surface area contributed by atoms with Crippen LogP contribution in [0.3, 0.4) is 0 Å². The molecule has 0 atom stereocenters. The minimum absolute atomic E-state index is 0. The van der Waals surface area contributed by atoms with E-state index >= 15 is 0 Å². The third-order valence-electron chi connectivity index (χ3n) is 3.57. The number of methoxy groups -OCH3 is 2. The van der Waals surface area contributed by atoms with E-state index in [0.717, 1.165) is 13.0 Å². The first-order valence-electron chi connectivity index (χ1n) is 8.86. The van der Waals surface area contributed by atoms with Crippen LogP contribution in [0.4, 0.5) is 0 Å². The van der Waals surface area contributed by atoms with Gasteiger partial charge >= 0.3 is 19.5 Å². The van der Waals surface area contributed by atoms with Gasteiger partial charge in [-0.15, -0.1) is 0 Å². The van der Waals surface area contributed by atoms with Crippen LogP contribution < -0.4 is 19.7 Å². The minimum Gasteiger partial charge on any atom is -0.870 e. The summed E-state index contributed by atoms with van der Waals surface area (Å²) in [4.78, 5) is 20.8. The summed E-state index contributed by atoms with van der Waals surface area (Å²) < 4.78 is 9.94. The van der Waals surface area contributed by atoms with E-state index < -0.39 is 11.8 Å². The summed E-state index contributed by atoms with van der Waals surface area (Å²) in [6.45, 7) is 0.972. The number of ketones is 1. The number of hydrogen-bond acceptors (Lipinski definition) is 8. The number of ether oxygens (including phenoxy) is 2. The number of rotatable bonds is 7. The molecular formula is C23H24O9Zn. The Balaban J connectivity index is 0. The van der Waals surface area contributed by atoms with Crippen LogP contribution in [-0.4, -0.2) is 41.7 Å². The van der Waals surface area contributed by atoms with E-state index in [0.29, 0.717) is 16.9 Å². The summed E-state index contributed by atoms with van der Waals surface area (Å²) in [5.74, 6) is -1.48. The van der Waals surface area contributed by atoms with Gasteiger partial charge in [-0.05, 0) is 48.4 Å². The number of carboxylic acids is 1. The Morgan fingerprint density at radius 1 is 0.939 bits per heavy atom. The topological polar surface area (TPSA) is 171 Å². The van der Waals surface area contributed by atoms with E-state index in [4.69, 9.17) is 19.4 Å². The largest absolute Gasteiger partial charge is 2.00 e. The first-order valence-corrected chi connectivity index (χ1v) is 8.86. The maximum absolute atomic E-state index is 11.9. The number of aliphatic hydroxyl groups is 1. The molecule has 0 spiro atoms. The van der Waals surface area contributed by atoms with Gasteiger partial charge in [0, 0.05) is 12.0 Å². The number of carboxylic acid groups (broad SMARTS) is 1. The molecule has 2 aromatic carbocycles. The fraction of sp³-hybridized carbons (Fsp3) is 0.130. The smallest absolute Gasteiger partial charge is 0.870 e. The van der Waals surface area contributed by atoms with Gasteiger partial charge in [-0.2, -0.15) is 0 Å². The standard InChI is InChI=1S/C21H20O6.C2H4O2.H2O.Zn/c1-26-20-11-14(5-9-18(20)24)3-7-16(22)13-17(23)8-4-15-6-10-19(25)21(12-15)27-2;1-2(3)4;;/h3-13,22,24-25H,1-2H3;1H3,(H,3,4);1H2;/q;;;+2/p-2/b7-3+,8-4+,16-13-;;;. The van der Waals surface area contributed by atoms with Crippen molar-refractivity contribution >= 4 is 23.9 Å². The van der Waals surface area contributed by atoms with Crippen LogP contribution >= 0.6 is 0 Å². The number of phenolic OH excluding ortho intramolecular Hbond substituents is 1. The molecule has 0 aliphatic rings. The molecule has 0 heterocycles. The Kier molecular flexibility index (Phi) is 15.4. The zero-order valence-corrected chi connectivity index (χ0v) is 21.4. The Hall–Kier alpha value is -3.62. The van der Waals surface area contributed by atoms with E-state index in [1.54, 1.807) is 24.3 Å². The molecule has 9 nitrogen and oxygen atoms in total. The van der Waals surface area contributed by atoms with Gasteiger partial charge < -0.3 is 40.2 Å². The van der Waals surface area contributed by atoms with Gasteiger partial charge in [0.05, 0.1) is 14.2 Å². The van der Waals surface area contributed by atoms with Crippen LogP contribution in [0.15, 0.2) is 60.4 Å². The molecule has 0 aromatic heterocycles. The fourth-order valence-corrected chi connectivity index (χ4v) is 2.19. The number of benzene rings is 2. The van der Waals surface area contributed by atoms with E-state index in [1.165, 1.54) is 50.6 Å². The first kappa shape index (κ1) is 31.6. The molecule has 0 bridgehead atoms. The number of aliphatic carboxylic acids is 1. The summed E-state index contributed by atoms with van der Waals surface area (Å²) in [6.07, 6.45) is 6.77. The van der Waals surface area contributed by atoms with Crippen LogP contribution in [0, 0.1) is 0 Å². The number of aliphatic hydroxyl groups excluding tert-OH is 1. The van der Waals surface area contributed by atoms with Gasteiger partial charge in [0.2, 0.25) is 0 Å². The van der Waals surface area contributed by atoms with Crippen LogP contribution in [0.1, 0.15) is 18.1 Å². The van der Waals surface area contributed by atoms with Gasteiger partial charge in [0.25, 0.3) is 0 Å². The second kappa shape index (κ2) is 16.1. The zero-order valence-electron chi connectivity index (χ0n) is 18.4. The molecule has 2 aromatic rings. The second-order valence-corrected chi connectivity index (χ2v) is 5.97. The number of allylic oxidation sites excluding steroid dienone is 3. The average molecular weight is 510 g/mol. The molecule has 2 rings (SSSR count). The summed E-state index contributed by atoms with van der Waals surface area (Å²) in [5, 5.41) is 39.7. The Morgan fingerprint density at radius 3 is 1.97 bits per heavy atom. The molecule has 0 amide bonds. The second-order valence-electron chi connectivity index (χ2n) is 5.97. The van der Waals surface area contributed by atoms with E-state index in [1.807, 2.05) is 0 Å². The third kappa shape index (κ3) is 12.1. The molecule has 0 saturated carbocycles. The van der Waals surface area contributed by atoms with Gasteiger partial charge in [-0.3, -0.25) is 4.79 Å². The zero-order chi connectivity index (χ0) is 23.4. The van der Waals surface area contributed by atoms with Crippen molar-refractivity contribution in [3.63, 3.8) is 0 Å². The van der Waals surface area contributed by atoms with E-state index in [9.17, 15) is 20.1 Å². The molecule has 10 heteroatoms. The molecule has 0 unspecified atom stereocenters. The minimum atomic E-state index is -1.08. The summed E-state index contributed by atoms with van der Waals surface area (Å²) >= 11 is 0. The first-order chi connectivity index (χ1) is 14.7. The monoisotopic (exact) mass is 508 g/mol. The molecule has 0 aliphatic heterocycles. The van der Waals surface area contributed by atoms with Crippen LogP contribution in [-0.2, 0) is 29.1 Å². The quantitative estimate of drug-likeness (QED) is 0.242. The van der Waals surface area contributed by atoms with Crippen LogP contribution in [0.2, 0.25) is 0 Å². The summed E-state index contributed by atoms with van der Waals surface area (Å²) in [5.41, 5.74) is 1.30. The molecule has 0 saturated heterocycles. The normalized spacial score (nSPS) is 10.5. The Bertz CT molecular complexity index is 1010. The van der Waals surface area contributed by atoms with Crippen molar-refractivity contribution in [1.29, 1.82) is 0 Å². The van der Waals surface area contributed by atoms with Gasteiger partial charge in [-0.1, -0.05) is 36.1 Å². The van der Waals surface area contributed by atoms with Crippen molar-refractivity contribution in [2.75, 3.05) is 14.2 Å². The predicted molar refractivity (Wildman–Crippen MR) is 115 cm³/mol. The summed E-state index contributed by atoms with van der Waals surface area (Å²) in [6, 6.07) is 9.13. The average Bonchev–Trinajstić information content (AvgIpc) is 2.72. The van der Waals surface area contributed by atoms with Crippen molar-refractivity contribution in [3.05, 3.63) is 71.5 Å². The summed E-state index contributed by atoms with van der Waals surface area (Å²) in [7, 11) is 2.83. The number of aromatic hydroxyl groups is 1. The SMILES string of the molecule is CC(=O)[O-].COc1cc(/C=C/C(O)=C/C(=O)/C=C/c2ccc(O)c(OC)c2)ccc1[O-].O.[Zn+2]. The molecule has 33 heavy (non-hydrogen) atoms. The van der Waals surface area contributed by atoms with Gasteiger partial charge in [-0.25, -0.2) is 0 Å². The molecule has 0 radical (unpaired) electrons. The predicted octanol–water partition coefficient (Wildman–Crippen LogP) is 1.15. The van der Waals surface area contributed by atoms with E-state index in [2.05, 4.69) is 0 Å². The molecule has 0 aliphatic carbocycles. The maximum Gasteiger partial charge on any atom is 2.00 e. The van der Waals surface area contributed by atoms with Crippen molar-refractivity contribution in [2.45, 2.75) is 6.92 Å². The van der Waals surface area contributed by atoms with Crippen molar-refractivity contribution < 1.29 is 64.4 Å². The maximum atomic E-state index is 11.9. The molecular weight excluding hydrogens is 486 g/mol. The van der Waals surface area contributed by atoms with Gasteiger partial charge in [0.15, 0.2) is 17.3 Å². The number of hydrogen-bond donors (Lipinski definition) is 2. The van der Waals surface area contributed by atoms with Gasteiger partial charge in [0.1, 0.15) is 11.5 Å². The number of phenols is 1.